The topological polar surface area (TPSA) is 54.5 Å². The van der Waals surface area contributed by atoms with Crippen LogP contribution in [0.2, 0.25) is 0 Å². The maximum atomic E-state index is 12.3. The lowest BCUT2D eigenvalue weighted by Crippen LogP contribution is -2.36. The number of anilines is 1. The summed E-state index contributed by atoms with van der Waals surface area (Å²) < 4.78 is 5.50. The maximum Gasteiger partial charge on any atom is 0.410 e. The average molecular weight is 305 g/mol. The summed E-state index contributed by atoms with van der Waals surface area (Å²) in [4.78, 5) is 18.6. The molecule has 1 aliphatic rings. The van der Waals surface area contributed by atoms with E-state index in [0.29, 0.717) is 0 Å². The van der Waals surface area contributed by atoms with Gasteiger partial charge in [0, 0.05) is 19.3 Å². The van der Waals surface area contributed by atoms with Gasteiger partial charge in [0.2, 0.25) is 0 Å². The summed E-state index contributed by atoms with van der Waals surface area (Å²) in [5.74, 6) is 0.882. The first-order valence-corrected chi connectivity index (χ1v) is 8.10. The number of carbonyl (C=O) groups is 1. The van der Waals surface area contributed by atoms with Crippen LogP contribution >= 0.6 is 0 Å². The number of hydrogen-bond donors (Lipinski definition) is 1. The van der Waals surface area contributed by atoms with E-state index >= 15 is 0 Å². The second kappa shape index (κ2) is 6.99. The minimum atomic E-state index is -0.462. The van der Waals surface area contributed by atoms with Crippen LogP contribution in [0, 0.1) is 0 Å². The summed E-state index contributed by atoms with van der Waals surface area (Å²) in [6.45, 7) is 9.47. The SMILES string of the molecule is CCCNc1ccc(C2CCCN2C(=O)OC(C)(C)C)cn1. The zero-order chi connectivity index (χ0) is 16.2. The maximum absolute atomic E-state index is 12.3. The zero-order valence-electron chi connectivity index (χ0n) is 14.1. The van der Waals surface area contributed by atoms with Crippen molar-refractivity contribution >= 4 is 11.9 Å². The van der Waals surface area contributed by atoms with E-state index < -0.39 is 5.60 Å². The molecule has 2 rings (SSSR count). The number of pyridine rings is 1. The number of amides is 1. The van der Waals surface area contributed by atoms with Gasteiger partial charge in [-0.3, -0.25) is 0 Å². The molecule has 1 aromatic rings. The molecule has 1 saturated heterocycles. The van der Waals surface area contributed by atoms with E-state index in [1.54, 1.807) is 0 Å². The minimum Gasteiger partial charge on any atom is -0.444 e. The van der Waals surface area contributed by atoms with Crippen LogP contribution in [0.5, 0.6) is 0 Å². The summed E-state index contributed by atoms with van der Waals surface area (Å²) in [5.41, 5.74) is 0.613. The highest BCUT2D eigenvalue weighted by molar-refractivity contribution is 5.69. The van der Waals surface area contributed by atoms with Crippen LogP contribution in [0.15, 0.2) is 18.3 Å². The van der Waals surface area contributed by atoms with Crippen LogP contribution in [0.4, 0.5) is 10.6 Å². The number of rotatable bonds is 4. The molecule has 0 bridgehead atoms. The summed E-state index contributed by atoms with van der Waals surface area (Å²) in [7, 11) is 0. The first-order chi connectivity index (χ1) is 10.4. The molecule has 1 unspecified atom stereocenters. The van der Waals surface area contributed by atoms with Crippen molar-refractivity contribution in [3.8, 4) is 0 Å². The fraction of sp³-hybridized carbons (Fsp3) is 0.647. The second-order valence-corrected chi connectivity index (χ2v) is 6.74. The molecule has 122 valence electrons. The smallest absolute Gasteiger partial charge is 0.410 e. The van der Waals surface area contributed by atoms with E-state index in [0.717, 1.165) is 43.7 Å². The molecular weight excluding hydrogens is 278 g/mol. The Hall–Kier alpha value is -1.78. The number of nitrogens with zero attached hydrogens (tertiary/aromatic N) is 2. The van der Waals surface area contributed by atoms with Gasteiger partial charge >= 0.3 is 6.09 Å². The number of hydrogen-bond acceptors (Lipinski definition) is 4. The van der Waals surface area contributed by atoms with Crippen molar-refractivity contribution in [3.05, 3.63) is 23.9 Å². The molecule has 0 aromatic carbocycles. The van der Waals surface area contributed by atoms with Crippen LogP contribution in [0.1, 0.15) is 58.6 Å². The molecule has 1 aliphatic heterocycles. The monoisotopic (exact) mass is 305 g/mol. The summed E-state index contributed by atoms with van der Waals surface area (Å²) in [5, 5.41) is 3.26. The summed E-state index contributed by atoms with van der Waals surface area (Å²) in [6, 6.07) is 4.11. The van der Waals surface area contributed by atoms with Gasteiger partial charge in [0.05, 0.1) is 6.04 Å². The molecule has 22 heavy (non-hydrogen) atoms. The van der Waals surface area contributed by atoms with E-state index in [2.05, 4.69) is 23.3 Å². The van der Waals surface area contributed by atoms with E-state index in [4.69, 9.17) is 4.74 Å². The van der Waals surface area contributed by atoms with Crippen molar-refractivity contribution in [2.75, 3.05) is 18.4 Å². The molecule has 1 fully saturated rings. The largest absolute Gasteiger partial charge is 0.444 e. The molecule has 5 heteroatoms. The first-order valence-electron chi connectivity index (χ1n) is 8.10. The lowest BCUT2D eigenvalue weighted by molar-refractivity contribution is 0.0224. The Balaban J connectivity index is 2.05. The highest BCUT2D eigenvalue weighted by atomic mass is 16.6. The Morgan fingerprint density at radius 3 is 2.82 bits per heavy atom. The number of aromatic nitrogens is 1. The molecule has 5 nitrogen and oxygen atoms in total. The van der Waals surface area contributed by atoms with Gasteiger partial charge in [-0.15, -0.1) is 0 Å². The first kappa shape index (κ1) is 16.6. The van der Waals surface area contributed by atoms with Gasteiger partial charge in [0.1, 0.15) is 11.4 Å². The highest BCUT2D eigenvalue weighted by Crippen LogP contribution is 2.33. The summed E-state index contributed by atoms with van der Waals surface area (Å²) >= 11 is 0. The van der Waals surface area contributed by atoms with E-state index in [9.17, 15) is 4.79 Å². The van der Waals surface area contributed by atoms with Crippen molar-refractivity contribution in [2.24, 2.45) is 0 Å². The third kappa shape index (κ3) is 4.36. The van der Waals surface area contributed by atoms with Gasteiger partial charge < -0.3 is 15.0 Å². The molecular formula is C17H27N3O2. The van der Waals surface area contributed by atoms with Crippen LogP contribution in [0.25, 0.3) is 0 Å². The second-order valence-electron chi connectivity index (χ2n) is 6.74. The third-order valence-corrected chi connectivity index (χ3v) is 3.61. The molecule has 1 aromatic heterocycles. The Labute approximate surface area is 133 Å². The average Bonchev–Trinajstić information content (AvgIpc) is 2.93. The molecule has 0 spiro atoms. The predicted molar refractivity (Wildman–Crippen MR) is 87.9 cm³/mol. The van der Waals surface area contributed by atoms with Gasteiger partial charge in [-0.1, -0.05) is 13.0 Å². The van der Waals surface area contributed by atoms with E-state index in [1.165, 1.54) is 0 Å². The number of ether oxygens (including phenoxy) is 1. The lowest BCUT2D eigenvalue weighted by Gasteiger charge is -2.28. The molecule has 0 saturated carbocycles. The zero-order valence-corrected chi connectivity index (χ0v) is 14.1. The van der Waals surface area contributed by atoms with Crippen molar-refractivity contribution in [3.63, 3.8) is 0 Å². The molecule has 0 radical (unpaired) electrons. The van der Waals surface area contributed by atoms with Crippen molar-refractivity contribution < 1.29 is 9.53 Å². The quantitative estimate of drug-likeness (QED) is 0.914. The van der Waals surface area contributed by atoms with Crippen LogP contribution in [0.3, 0.4) is 0 Å². The number of nitrogens with one attached hydrogen (secondary N) is 1. The van der Waals surface area contributed by atoms with Crippen molar-refractivity contribution in [1.82, 2.24) is 9.88 Å². The van der Waals surface area contributed by atoms with Crippen LogP contribution in [-0.2, 0) is 4.74 Å². The highest BCUT2D eigenvalue weighted by Gasteiger charge is 2.33. The van der Waals surface area contributed by atoms with Gasteiger partial charge in [0.15, 0.2) is 0 Å². The molecule has 1 atom stereocenters. The predicted octanol–water partition coefficient (Wildman–Crippen LogP) is 3.98. The van der Waals surface area contributed by atoms with Crippen molar-refractivity contribution in [1.29, 1.82) is 0 Å². The normalized spacial score (nSPS) is 18.4. The standard InChI is InChI=1S/C17H27N3O2/c1-5-10-18-15-9-8-13(12-19-15)14-7-6-11-20(14)16(21)22-17(2,3)4/h8-9,12,14H,5-7,10-11H2,1-4H3,(H,18,19). The lowest BCUT2D eigenvalue weighted by atomic mass is 10.1. The summed E-state index contributed by atoms with van der Waals surface area (Å²) in [6.07, 6.45) is 4.66. The Kier molecular flexibility index (Phi) is 5.27. The molecule has 0 aliphatic carbocycles. The molecule has 2 heterocycles. The number of likely N-dealkylation sites (tertiary alicyclic amines) is 1. The molecule has 1 N–H and O–H groups in total. The van der Waals surface area contributed by atoms with E-state index in [1.807, 2.05) is 37.9 Å². The van der Waals surface area contributed by atoms with Crippen molar-refractivity contribution in [2.45, 2.75) is 58.6 Å². The van der Waals surface area contributed by atoms with Gasteiger partial charge in [-0.05, 0) is 51.7 Å². The fourth-order valence-corrected chi connectivity index (χ4v) is 2.61. The van der Waals surface area contributed by atoms with Crippen LogP contribution in [-0.4, -0.2) is 34.7 Å². The van der Waals surface area contributed by atoms with Gasteiger partial charge in [-0.25, -0.2) is 9.78 Å². The third-order valence-electron chi connectivity index (χ3n) is 3.61. The molecule has 1 amide bonds. The minimum absolute atomic E-state index is 0.0718. The Morgan fingerprint density at radius 1 is 1.45 bits per heavy atom. The Bertz CT molecular complexity index is 494. The van der Waals surface area contributed by atoms with Crippen LogP contribution < -0.4 is 5.32 Å². The fourth-order valence-electron chi connectivity index (χ4n) is 2.61. The van der Waals surface area contributed by atoms with Gasteiger partial charge in [0.25, 0.3) is 0 Å². The van der Waals surface area contributed by atoms with E-state index in [-0.39, 0.29) is 12.1 Å². The number of carbonyl (C=O) groups excluding carboxylic acids is 1. The Morgan fingerprint density at radius 2 is 2.23 bits per heavy atom. The van der Waals surface area contributed by atoms with Gasteiger partial charge in [-0.2, -0.15) is 0 Å².